The molecule has 2 aromatic rings. The molecule has 0 spiro atoms. The number of carbonyl (C=O) groups excluding carboxylic acids is 2. The second-order valence-electron chi connectivity index (χ2n) is 4.17. The van der Waals surface area contributed by atoms with Gasteiger partial charge < -0.3 is 11.1 Å². The minimum absolute atomic E-state index is 0.392. The molecule has 3 N–H and O–H groups in total. The molecule has 0 aliphatic carbocycles. The number of carbonyl (C=O) groups is 2. The number of primary amides is 1. The molecule has 7 heteroatoms. The van der Waals surface area contributed by atoms with E-state index in [-0.39, 0.29) is 0 Å². The van der Waals surface area contributed by atoms with E-state index in [1.54, 1.807) is 12.3 Å². The largest absolute Gasteiger partial charge is 0.368 e. The summed E-state index contributed by atoms with van der Waals surface area (Å²) in [6, 6.07) is 4.21. The first kappa shape index (κ1) is 14.1. The third-order valence-corrected chi connectivity index (χ3v) is 3.48. The third kappa shape index (κ3) is 3.00. The number of hydrogen-bond acceptors (Lipinski definition) is 4. The lowest BCUT2D eigenvalue weighted by atomic mass is 10.1. The Morgan fingerprint density at radius 1 is 1.35 bits per heavy atom. The molecule has 0 fully saturated rings. The van der Waals surface area contributed by atoms with Gasteiger partial charge in [0.2, 0.25) is 5.91 Å². The lowest BCUT2D eigenvalue weighted by Gasteiger charge is -2.15. The molecule has 20 heavy (non-hydrogen) atoms. The number of amides is 2. The molecule has 1 aromatic carbocycles. The molecular weight excluding hydrogens is 281 g/mol. The highest BCUT2D eigenvalue weighted by molar-refractivity contribution is 7.03. The summed E-state index contributed by atoms with van der Waals surface area (Å²) >= 11 is 1.15. The highest BCUT2D eigenvalue weighted by atomic mass is 32.1. The first-order chi connectivity index (χ1) is 9.49. The van der Waals surface area contributed by atoms with Crippen LogP contribution in [0.5, 0.6) is 0 Å². The van der Waals surface area contributed by atoms with Gasteiger partial charge in [-0.2, -0.15) is 4.37 Å². The summed E-state index contributed by atoms with van der Waals surface area (Å²) in [6.45, 7) is 1.70. The number of aryl methyl sites for hydroxylation is 1. The smallest absolute Gasteiger partial charge is 0.254 e. The van der Waals surface area contributed by atoms with Gasteiger partial charge in [0.15, 0.2) is 0 Å². The lowest BCUT2D eigenvalue weighted by molar-refractivity contribution is -0.120. The average molecular weight is 293 g/mol. The number of nitrogens with one attached hydrogen (secondary N) is 1. The molecule has 1 atom stereocenters. The predicted molar refractivity (Wildman–Crippen MR) is 72.7 cm³/mol. The maximum absolute atomic E-state index is 12.9. The topological polar surface area (TPSA) is 85.1 Å². The van der Waals surface area contributed by atoms with Crippen LogP contribution in [0.25, 0.3) is 0 Å². The minimum atomic E-state index is -1.01. The Balaban J connectivity index is 2.22. The Morgan fingerprint density at radius 2 is 2.00 bits per heavy atom. The summed E-state index contributed by atoms with van der Waals surface area (Å²) < 4.78 is 16.9. The van der Waals surface area contributed by atoms with Gasteiger partial charge in [-0.25, -0.2) is 4.39 Å². The second kappa shape index (κ2) is 5.79. The first-order valence-electron chi connectivity index (χ1n) is 5.75. The van der Waals surface area contributed by atoms with E-state index in [4.69, 9.17) is 5.73 Å². The SMILES string of the molecule is Cc1nscc1C(=O)NC(C(N)=O)c1ccc(F)cc1. The van der Waals surface area contributed by atoms with Gasteiger partial charge in [-0.3, -0.25) is 9.59 Å². The van der Waals surface area contributed by atoms with E-state index in [2.05, 4.69) is 9.69 Å². The second-order valence-corrected chi connectivity index (χ2v) is 4.80. The zero-order valence-electron chi connectivity index (χ0n) is 10.6. The van der Waals surface area contributed by atoms with Crippen LogP contribution in [-0.2, 0) is 4.79 Å². The van der Waals surface area contributed by atoms with E-state index in [1.807, 2.05) is 0 Å². The van der Waals surface area contributed by atoms with Crippen molar-refractivity contribution >= 4 is 23.3 Å². The molecule has 0 aliphatic rings. The molecule has 1 heterocycles. The van der Waals surface area contributed by atoms with E-state index >= 15 is 0 Å². The summed E-state index contributed by atoms with van der Waals surface area (Å²) in [4.78, 5) is 23.5. The molecule has 1 unspecified atom stereocenters. The molecule has 1 aromatic heterocycles. The van der Waals surface area contributed by atoms with Gasteiger partial charge in [-0.05, 0) is 36.2 Å². The summed E-state index contributed by atoms with van der Waals surface area (Å²) in [5.41, 5.74) is 6.68. The zero-order valence-corrected chi connectivity index (χ0v) is 11.4. The van der Waals surface area contributed by atoms with Crippen molar-refractivity contribution in [3.8, 4) is 0 Å². The van der Waals surface area contributed by atoms with Crippen molar-refractivity contribution in [2.24, 2.45) is 5.73 Å². The van der Waals surface area contributed by atoms with Crippen LogP contribution < -0.4 is 11.1 Å². The fourth-order valence-corrected chi connectivity index (χ4v) is 2.39. The highest BCUT2D eigenvalue weighted by Gasteiger charge is 2.22. The molecule has 5 nitrogen and oxygen atoms in total. The molecule has 2 amide bonds. The van der Waals surface area contributed by atoms with Crippen molar-refractivity contribution in [3.63, 3.8) is 0 Å². The molecule has 2 rings (SSSR count). The number of aromatic nitrogens is 1. The molecule has 0 saturated carbocycles. The number of nitrogens with two attached hydrogens (primary N) is 1. The maximum Gasteiger partial charge on any atom is 0.254 e. The van der Waals surface area contributed by atoms with Crippen molar-refractivity contribution in [3.05, 3.63) is 52.3 Å². The summed E-state index contributed by atoms with van der Waals surface area (Å²) in [6.07, 6.45) is 0. The van der Waals surface area contributed by atoms with Crippen molar-refractivity contribution in [2.45, 2.75) is 13.0 Å². The van der Waals surface area contributed by atoms with Crippen molar-refractivity contribution in [1.82, 2.24) is 9.69 Å². The number of hydrogen-bond donors (Lipinski definition) is 2. The van der Waals surface area contributed by atoms with Crippen LogP contribution in [0, 0.1) is 12.7 Å². The summed E-state index contributed by atoms with van der Waals surface area (Å²) in [5, 5.41) is 4.12. The number of rotatable bonds is 4. The Labute approximate surface area is 118 Å². The highest BCUT2D eigenvalue weighted by Crippen LogP contribution is 2.16. The normalized spacial score (nSPS) is 11.9. The molecule has 104 valence electrons. The first-order valence-corrected chi connectivity index (χ1v) is 6.59. The van der Waals surface area contributed by atoms with E-state index in [1.165, 1.54) is 24.3 Å². The van der Waals surface area contributed by atoms with Crippen LogP contribution in [-0.4, -0.2) is 16.2 Å². The van der Waals surface area contributed by atoms with Crippen LogP contribution in [0.4, 0.5) is 4.39 Å². The van der Waals surface area contributed by atoms with Crippen LogP contribution in [0.1, 0.15) is 27.7 Å². The van der Waals surface area contributed by atoms with Gasteiger partial charge in [-0.15, -0.1) is 0 Å². The minimum Gasteiger partial charge on any atom is -0.368 e. The van der Waals surface area contributed by atoms with Crippen molar-refractivity contribution < 1.29 is 14.0 Å². The van der Waals surface area contributed by atoms with E-state index < -0.39 is 23.7 Å². The zero-order chi connectivity index (χ0) is 14.7. The fourth-order valence-electron chi connectivity index (χ4n) is 1.69. The third-order valence-electron chi connectivity index (χ3n) is 2.76. The van der Waals surface area contributed by atoms with Crippen LogP contribution in [0.15, 0.2) is 29.6 Å². The molecule has 0 aliphatic heterocycles. The van der Waals surface area contributed by atoms with Crippen LogP contribution >= 0.6 is 11.5 Å². The summed E-state index contributed by atoms with van der Waals surface area (Å²) in [7, 11) is 0. The van der Waals surface area contributed by atoms with Gasteiger partial charge >= 0.3 is 0 Å². The van der Waals surface area contributed by atoms with E-state index in [0.717, 1.165) is 11.5 Å². The monoisotopic (exact) mass is 293 g/mol. The predicted octanol–water partition coefficient (Wildman–Crippen LogP) is 1.55. The number of benzene rings is 1. The van der Waals surface area contributed by atoms with Gasteiger partial charge in [-0.1, -0.05) is 12.1 Å². The number of halogens is 1. The maximum atomic E-state index is 12.9. The van der Waals surface area contributed by atoms with E-state index in [9.17, 15) is 14.0 Å². The Morgan fingerprint density at radius 3 is 2.50 bits per heavy atom. The fraction of sp³-hybridized carbons (Fsp3) is 0.154. The molecule has 0 saturated heterocycles. The van der Waals surface area contributed by atoms with Crippen LogP contribution in [0.2, 0.25) is 0 Å². The Bertz CT molecular complexity index is 639. The average Bonchev–Trinajstić information content (AvgIpc) is 2.83. The van der Waals surface area contributed by atoms with Crippen molar-refractivity contribution in [1.29, 1.82) is 0 Å². The standard InChI is InChI=1S/C13H12FN3O2S/c1-7-10(6-20-17-7)13(19)16-11(12(15)18)8-2-4-9(14)5-3-8/h2-6,11H,1H3,(H2,15,18)(H,16,19). The van der Waals surface area contributed by atoms with E-state index in [0.29, 0.717) is 16.8 Å². The van der Waals surface area contributed by atoms with Crippen LogP contribution in [0.3, 0.4) is 0 Å². The quantitative estimate of drug-likeness (QED) is 0.896. The van der Waals surface area contributed by atoms with Crippen molar-refractivity contribution in [2.75, 3.05) is 0 Å². The lowest BCUT2D eigenvalue weighted by Crippen LogP contribution is -2.37. The molecule has 0 bridgehead atoms. The molecular formula is C13H12FN3O2S. The summed E-state index contributed by atoms with van der Waals surface area (Å²) in [5.74, 6) is -1.59. The van der Waals surface area contributed by atoms with Gasteiger partial charge in [0, 0.05) is 5.38 Å². The molecule has 0 radical (unpaired) electrons. The Hall–Kier alpha value is -2.28. The van der Waals surface area contributed by atoms with Gasteiger partial charge in [0.05, 0.1) is 11.3 Å². The van der Waals surface area contributed by atoms with Gasteiger partial charge in [0.25, 0.3) is 5.91 Å². The van der Waals surface area contributed by atoms with Gasteiger partial charge in [0.1, 0.15) is 11.9 Å². The number of nitrogens with zero attached hydrogens (tertiary/aromatic N) is 1. The Kier molecular flexibility index (Phi) is 4.09.